The summed E-state index contributed by atoms with van der Waals surface area (Å²) in [6.07, 6.45) is 2.08. The van der Waals surface area contributed by atoms with E-state index in [1.807, 2.05) is 6.92 Å². The van der Waals surface area contributed by atoms with Crippen LogP contribution in [0.15, 0.2) is 58.4 Å². The molecule has 2 aromatic heterocycles. The highest BCUT2D eigenvalue weighted by Crippen LogP contribution is 2.22. The van der Waals surface area contributed by atoms with E-state index in [1.165, 1.54) is 27.7 Å². The number of carbonyl (C=O) groups excluding carboxylic acids is 1. The average Bonchev–Trinajstić information content (AvgIpc) is 3.10. The largest absolute Gasteiger partial charge is 0.292 e. The number of rotatable bonds is 6. The van der Waals surface area contributed by atoms with Gasteiger partial charge in [0, 0.05) is 11.9 Å². The maximum Gasteiger partial charge on any atom is 0.292 e. The van der Waals surface area contributed by atoms with Gasteiger partial charge in [0.05, 0.1) is 28.5 Å². The van der Waals surface area contributed by atoms with Crippen LogP contribution in [-0.4, -0.2) is 31.7 Å². The molecule has 0 saturated carbocycles. The molecular weight excluding hydrogens is 447 g/mol. The third-order valence-corrected chi connectivity index (χ3v) is 5.36. The molecule has 1 amide bonds. The summed E-state index contributed by atoms with van der Waals surface area (Å²) in [5, 5.41) is 13.7. The van der Waals surface area contributed by atoms with Gasteiger partial charge in [-0.1, -0.05) is 36.7 Å². The molecule has 0 aliphatic heterocycles. The lowest BCUT2D eigenvalue weighted by molar-refractivity contribution is 0.0949. The maximum absolute atomic E-state index is 13.2. The monoisotopic (exact) mass is 466 g/mol. The molecule has 1 N–H and O–H groups in total. The number of halogens is 2. The van der Waals surface area contributed by atoms with Gasteiger partial charge in [-0.05, 0) is 43.7 Å². The minimum Gasteiger partial charge on any atom is -0.267 e. The Hall–Kier alpha value is -3.85. The SMILES string of the molecule is CCCn1nc(C(=O)N/N=C/c2c(C)nn(-c3ccc(F)cc3)c2Cl)c2ccccc2c1=O. The number of amides is 1. The quantitative estimate of drug-likeness (QED) is 0.345. The zero-order valence-corrected chi connectivity index (χ0v) is 18.7. The fourth-order valence-electron chi connectivity index (χ4n) is 3.39. The van der Waals surface area contributed by atoms with Crippen LogP contribution in [0.2, 0.25) is 5.15 Å². The minimum atomic E-state index is -0.563. The van der Waals surface area contributed by atoms with Crippen LogP contribution in [0.25, 0.3) is 16.5 Å². The summed E-state index contributed by atoms with van der Waals surface area (Å²) >= 11 is 6.44. The summed E-state index contributed by atoms with van der Waals surface area (Å²) in [7, 11) is 0. The second kappa shape index (κ2) is 9.33. The summed E-state index contributed by atoms with van der Waals surface area (Å²) in [6, 6.07) is 12.5. The lowest BCUT2D eigenvalue weighted by atomic mass is 10.1. The zero-order chi connectivity index (χ0) is 23.5. The van der Waals surface area contributed by atoms with Gasteiger partial charge < -0.3 is 0 Å². The first kappa shape index (κ1) is 22.3. The first-order chi connectivity index (χ1) is 15.9. The van der Waals surface area contributed by atoms with E-state index in [0.29, 0.717) is 40.7 Å². The molecule has 168 valence electrons. The molecule has 0 aliphatic rings. The third-order valence-electron chi connectivity index (χ3n) is 5.00. The number of benzene rings is 2. The molecule has 2 heterocycles. The summed E-state index contributed by atoms with van der Waals surface area (Å²) in [4.78, 5) is 25.5. The lowest BCUT2D eigenvalue weighted by Gasteiger charge is -2.09. The number of aromatic nitrogens is 4. The Kier molecular flexibility index (Phi) is 6.32. The van der Waals surface area contributed by atoms with E-state index < -0.39 is 5.91 Å². The molecule has 33 heavy (non-hydrogen) atoms. The van der Waals surface area contributed by atoms with Crippen LogP contribution >= 0.6 is 11.6 Å². The first-order valence-electron chi connectivity index (χ1n) is 10.2. The maximum atomic E-state index is 13.2. The van der Waals surface area contributed by atoms with Gasteiger partial charge in [0.25, 0.3) is 11.5 Å². The zero-order valence-electron chi connectivity index (χ0n) is 17.9. The van der Waals surface area contributed by atoms with Gasteiger partial charge in [0.2, 0.25) is 0 Å². The molecule has 0 radical (unpaired) electrons. The number of nitrogens with zero attached hydrogens (tertiary/aromatic N) is 5. The molecule has 0 atom stereocenters. The number of aryl methyl sites for hydroxylation is 2. The lowest BCUT2D eigenvalue weighted by Crippen LogP contribution is -2.29. The molecule has 0 fully saturated rings. The summed E-state index contributed by atoms with van der Waals surface area (Å²) in [6.45, 7) is 4.06. The van der Waals surface area contributed by atoms with Crippen molar-refractivity contribution < 1.29 is 9.18 Å². The fraction of sp³-hybridized carbons (Fsp3) is 0.174. The second-order valence-electron chi connectivity index (χ2n) is 7.30. The normalized spacial score (nSPS) is 11.4. The minimum absolute atomic E-state index is 0.0978. The van der Waals surface area contributed by atoms with Crippen molar-refractivity contribution in [2.24, 2.45) is 5.10 Å². The topological polar surface area (TPSA) is 94.2 Å². The van der Waals surface area contributed by atoms with Crippen LogP contribution in [0.3, 0.4) is 0 Å². The number of hydrogen-bond acceptors (Lipinski definition) is 5. The van der Waals surface area contributed by atoms with E-state index in [2.05, 4.69) is 20.7 Å². The summed E-state index contributed by atoms with van der Waals surface area (Å²) in [5.74, 6) is -0.929. The number of hydrogen-bond donors (Lipinski definition) is 1. The molecule has 4 rings (SSSR count). The van der Waals surface area contributed by atoms with Gasteiger partial charge in [0.15, 0.2) is 5.69 Å². The van der Waals surface area contributed by atoms with Gasteiger partial charge in [0.1, 0.15) is 11.0 Å². The highest BCUT2D eigenvalue weighted by molar-refractivity contribution is 6.32. The molecule has 8 nitrogen and oxygen atoms in total. The Morgan fingerprint density at radius 2 is 1.85 bits per heavy atom. The first-order valence-corrected chi connectivity index (χ1v) is 10.6. The van der Waals surface area contributed by atoms with Crippen molar-refractivity contribution in [3.63, 3.8) is 0 Å². The number of fused-ring (bicyclic) bond motifs is 1. The molecule has 10 heteroatoms. The Morgan fingerprint density at radius 3 is 2.55 bits per heavy atom. The second-order valence-corrected chi connectivity index (χ2v) is 7.66. The van der Waals surface area contributed by atoms with Gasteiger partial charge >= 0.3 is 0 Å². The van der Waals surface area contributed by atoms with Crippen molar-refractivity contribution >= 4 is 34.5 Å². The average molecular weight is 467 g/mol. The van der Waals surface area contributed by atoms with Crippen molar-refractivity contribution in [1.82, 2.24) is 25.0 Å². The molecule has 0 aliphatic carbocycles. The van der Waals surface area contributed by atoms with Gasteiger partial charge in [-0.2, -0.15) is 15.3 Å². The number of hydrazone groups is 1. The Labute approximate surface area is 193 Å². The third kappa shape index (κ3) is 4.40. The number of carbonyl (C=O) groups is 1. The van der Waals surface area contributed by atoms with Crippen molar-refractivity contribution in [2.75, 3.05) is 0 Å². The predicted molar refractivity (Wildman–Crippen MR) is 125 cm³/mol. The van der Waals surface area contributed by atoms with E-state index in [1.54, 1.807) is 43.3 Å². The molecule has 2 aromatic carbocycles. The Balaban J connectivity index is 1.62. The Bertz CT molecular complexity index is 1430. The number of nitrogens with one attached hydrogen (secondary N) is 1. The van der Waals surface area contributed by atoms with Crippen LogP contribution in [0, 0.1) is 12.7 Å². The molecule has 4 aromatic rings. The Morgan fingerprint density at radius 1 is 1.15 bits per heavy atom. The van der Waals surface area contributed by atoms with Crippen LogP contribution in [0.1, 0.15) is 35.1 Å². The van der Waals surface area contributed by atoms with E-state index in [0.717, 1.165) is 0 Å². The molecule has 0 saturated heterocycles. The molecule has 0 unspecified atom stereocenters. The van der Waals surface area contributed by atoms with Crippen molar-refractivity contribution in [3.8, 4) is 5.69 Å². The van der Waals surface area contributed by atoms with Crippen molar-refractivity contribution in [3.05, 3.63) is 86.8 Å². The van der Waals surface area contributed by atoms with Crippen LogP contribution in [0.5, 0.6) is 0 Å². The highest BCUT2D eigenvalue weighted by atomic mass is 35.5. The van der Waals surface area contributed by atoms with Crippen LogP contribution in [-0.2, 0) is 6.54 Å². The molecule has 0 spiro atoms. The van der Waals surface area contributed by atoms with Gasteiger partial charge in [-0.25, -0.2) is 19.2 Å². The molecule has 0 bridgehead atoms. The predicted octanol–water partition coefficient (Wildman–Crippen LogP) is 3.86. The fourth-order valence-corrected chi connectivity index (χ4v) is 3.71. The van der Waals surface area contributed by atoms with Crippen molar-refractivity contribution in [2.45, 2.75) is 26.8 Å². The summed E-state index contributed by atoms with van der Waals surface area (Å²) in [5.41, 5.74) is 3.95. The van der Waals surface area contributed by atoms with E-state index in [4.69, 9.17) is 11.6 Å². The van der Waals surface area contributed by atoms with E-state index >= 15 is 0 Å². The highest BCUT2D eigenvalue weighted by Gasteiger charge is 2.17. The van der Waals surface area contributed by atoms with Gasteiger partial charge in [-0.3, -0.25) is 9.59 Å². The van der Waals surface area contributed by atoms with Crippen LogP contribution < -0.4 is 11.0 Å². The van der Waals surface area contributed by atoms with Gasteiger partial charge in [-0.15, -0.1) is 0 Å². The standard InChI is InChI=1S/C23H20ClFN6O2/c1-3-12-30-23(33)18-7-5-4-6-17(18)20(29-30)22(32)27-26-13-19-14(2)28-31(21(19)24)16-10-8-15(25)9-11-16/h4-11,13H,3,12H2,1-2H3,(H,27,32)/b26-13+. The van der Waals surface area contributed by atoms with E-state index in [9.17, 15) is 14.0 Å². The smallest absolute Gasteiger partial charge is 0.267 e. The van der Waals surface area contributed by atoms with E-state index in [-0.39, 0.29) is 22.2 Å². The van der Waals surface area contributed by atoms with Crippen LogP contribution in [0.4, 0.5) is 4.39 Å². The molecular formula is C23H20ClFN6O2. The van der Waals surface area contributed by atoms with Crippen molar-refractivity contribution in [1.29, 1.82) is 0 Å². The summed E-state index contributed by atoms with van der Waals surface area (Å²) < 4.78 is 15.9.